The van der Waals surface area contributed by atoms with Crippen LogP contribution in [-0.4, -0.2) is 23.0 Å². The number of nitrogens with one attached hydrogen (secondary N) is 2. The van der Waals surface area contributed by atoms with E-state index >= 15 is 0 Å². The SMILES string of the molecule is Cc1cccc([C@@H](C)CNC(=O)NCc2ccc([S@](C)=O)cc2)c1. The van der Waals surface area contributed by atoms with Gasteiger partial charge in [-0.2, -0.15) is 0 Å². The summed E-state index contributed by atoms with van der Waals surface area (Å²) in [7, 11) is -0.978. The molecule has 0 aromatic heterocycles. The van der Waals surface area contributed by atoms with Crippen LogP contribution in [0.4, 0.5) is 4.79 Å². The first-order chi connectivity index (χ1) is 11.5. The van der Waals surface area contributed by atoms with Gasteiger partial charge in [-0.25, -0.2) is 4.79 Å². The predicted octanol–water partition coefficient (Wildman–Crippen LogP) is 3.34. The van der Waals surface area contributed by atoms with E-state index in [1.54, 1.807) is 6.26 Å². The lowest BCUT2D eigenvalue weighted by molar-refractivity contribution is 0.240. The lowest BCUT2D eigenvalue weighted by Gasteiger charge is -2.14. The fraction of sp³-hybridized carbons (Fsp3) is 0.316. The maximum atomic E-state index is 11.9. The minimum absolute atomic E-state index is 0.183. The Bertz CT molecular complexity index is 714. The molecule has 4 nitrogen and oxygen atoms in total. The smallest absolute Gasteiger partial charge is 0.315 e. The van der Waals surface area contributed by atoms with Crippen molar-refractivity contribution in [3.05, 3.63) is 65.2 Å². The summed E-state index contributed by atoms with van der Waals surface area (Å²) in [4.78, 5) is 12.7. The van der Waals surface area contributed by atoms with Crippen LogP contribution in [0, 0.1) is 6.92 Å². The number of amides is 2. The van der Waals surface area contributed by atoms with Crippen molar-refractivity contribution in [3.63, 3.8) is 0 Å². The minimum Gasteiger partial charge on any atom is -0.338 e. The maximum Gasteiger partial charge on any atom is 0.315 e. The molecule has 128 valence electrons. The van der Waals surface area contributed by atoms with Crippen LogP contribution in [0.2, 0.25) is 0 Å². The third-order valence-electron chi connectivity index (χ3n) is 3.89. The average Bonchev–Trinajstić information content (AvgIpc) is 2.58. The summed E-state index contributed by atoms with van der Waals surface area (Å²) in [5, 5.41) is 5.74. The predicted molar refractivity (Wildman–Crippen MR) is 98.6 cm³/mol. The Morgan fingerprint density at radius 2 is 1.83 bits per heavy atom. The molecule has 0 bridgehead atoms. The molecule has 0 saturated heterocycles. The van der Waals surface area contributed by atoms with Gasteiger partial charge in [0.2, 0.25) is 0 Å². The largest absolute Gasteiger partial charge is 0.338 e. The van der Waals surface area contributed by atoms with Crippen molar-refractivity contribution >= 4 is 16.8 Å². The first kappa shape index (κ1) is 18.2. The quantitative estimate of drug-likeness (QED) is 0.844. The Hall–Kier alpha value is -2.14. The van der Waals surface area contributed by atoms with Crippen molar-refractivity contribution in [3.8, 4) is 0 Å². The third kappa shape index (κ3) is 5.49. The second-order valence-corrected chi connectivity index (χ2v) is 7.36. The summed E-state index contributed by atoms with van der Waals surface area (Å²) in [5.74, 6) is 0.259. The van der Waals surface area contributed by atoms with E-state index in [1.165, 1.54) is 11.1 Å². The van der Waals surface area contributed by atoms with Gasteiger partial charge in [-0.15, -0.1) is 0 Å². The van der Waals surface area contributed by atoms with Crippen LogP contribution >= 0.6 is 0 Å². The molecule has 2 amide bonds. The number of benzene rings is 2. The average molecular weight is 344 g/mol. The number of hydrogen-bond acceptors (Lipinski definition) is 2. The zero-order chi connectivity index (χ0) is 17.5. The molecule has 0 aliphatic carbocycles. The molecule has 24 heavy (non-hydrogen) atoms. The molecule has 0 aliphatic heterocycles. The highest BCUT2D eigenvalue weighted by molar-refractivity contribution is 7.84. The van der Waals surface area contributed by atoms with Gasteiger partial charge in [0.15, 0.2) is 0 Å². The maximum absolute atomic E-state index is 11.9. The number of carbonyl (C=O) groups excluding carboxylic acids is 1. The lowest BCUT2D eigenvalue weighted by atomic mass is 9.99. The van der Waals surface area contributed by atoms with Crippen molar-refractivity contribution in [2.24, 2.45) is 0 Å². The Kier molecular flexibility index (Phi) is 6.55. The minimum atomic E-state index is -0.978. The van der Waals surface area contributed by atoms with Gasteiger partial charge in [-0.3, -0.25) is 4.21 Å². The molecule has 2 atom stereocenters. The van der Waals surface area contributed by atoms with Gasteiger partial charge in [0.1, 0.15) is 0 Å². The molecule has 0 saturated carbocycles. The molecule has 2 aromatic rings. The van der Waals surface area contributed by atoms with Crippen LogP contribution in [0.3, 0.4) is 0 Å². The number of urea groups is 1. The standard InChI is InChI=1S/C19H24N2O2S/c1-14-5-4-6-17(11-14)15(2)12-20-19(22)21-13-16-7-9-18(10-8-16)24(3)23/h4-11,15H,12-13H2,1-3H3,(H2,20,21,22)/t15-,24-/m0/s1. The molecule has 0 heterocycles. The Balaban J connectivity index is 1.78. The lowest BCUT2D eigenvalue weighted by Crippen LogP contribution is -2.37. The van der Waals surface area contributed by atoms with E-state index in [1.807, 2.05) is 30.3 Å². The topological polar surface area (TPSA) is 58.2 Å². The van der Waals surface area contributed by atoms with E-state index in [9.17, 15) is 9.00 Å². The van der Waals surface area contributed by atoms with Crippen molar-refractivity contribution < 1.29 is 9.00 Å². The van der Waals surface area contributed by atoms with Crippen LogP contribution < -0.4 is 10.6 Å². The Morgan fingerprint density at radius 1 is 1.12 bits per heavy atom. The summed E-state index contributed by atoms with van der Waals surface area (Å²) in [6.07, 6.45) is 1.65. The number of carbonyl (C=O) groups is 1. The van der Waals surface area contributed by atoms with Gasteiger partial charge in [0.05, 0.1) is 0 Å². The molecule has 2 rings (SSSR count). The Labute approximate surface area is 146 Å². The number of rotatable bonds is 6. The van der Waals surface area contributed by atoms with Crippen molar-refractivity contribution in [2.75, 3.05) is 12.8 Å². The van der Waals surface area contributed by atoms with E-state index in [2.05, 4.69) is 42.7 Å². The third-order valence-corrected chi connectivity index (χ3v) is 4.82. The van der Waals surface area contributed by atoms with Crippen molar-refractivity contribution in [1.29, 1.82) is 0 Å². The van der Waals surface area contributed by atoms with Gasteiger partial charge < -0.3 is 10.6 Å². The summed E-state index contributed by atoms with van der Waals surface area (Å²) in [5.41, 5.74) is 3.42. The van der Waals surface area contributed by atoms with Crippen LogP contribution in [0.25, 0.3) is 0 Å². The summed E-state index contributed by atoms with van der Waals surface area (Å²) >= 11 is 0. The molecule has 2 N–H and O–H groups in total. The molecule has 0 fully saturated rings. The van der Waals surface area contributed by atoms with E-state index < -0.39 is 10.8 Å². The normalized spacial score (nSPS) is 13.1. The van der Waals surface area contributed by atoms with Gasteiger partial charge >= 0.3 is 6.03 Å². The molecular formula is C19H24N2O2S. The van der Waals surface area contributed by atoms with Gasteiger partial charge in [0, 0.05) is 35.0 Å². The van der Waals surface area contributed by atoms with Crippen molar-refractivity contribution in [2.45, 2.75) is 31.2 Å². The van der Waals surface area contributed by atoms with Gasteiger partial charge in [-0.1, -0.05) is 48.9 Å². The highest BCUT2D eigenvalue weighted by atomic mass is 32.2. The van der Waals surface area contributed by atoms with Crippen LogP contribution in [0.1, 0.15) is 29.5 Å². The molecule has 0 unspecified atom stereocenters. The second kappa shape index (κ2) is 8.64. The van der Waals surface area contributed by atoms with E-state index in [0.29, 0.717) is 13.1 Å². The highest BCUT2D eigenvalue weighted by Gasteiger charge is 2.08. The zero-order valence-electron chi connectivity index (χ0n) is 14.3. The fourth-order valence-electron chi connectivity index (χ4n) is 2.38. The zero-order valence-corrected chi connectivity index (χ0v) is 15.2. The van der Waals surface area contributed by atoms with Crippen LogP contribution in [0.5, 0.6) is 0 Å². The van der Waals surface area contributed by atoms with Gasteiger partial charge in [-0.05, 0) is 36.1 Å². The monoisotopic (exact) mass is 344 g/mol. The number of aryl methyl sites for hydroxylation is 1. The molecule has 5 heteroatoms. The summed E-state index contributed by atoms with van der Waals surface area (Å²) in [6.45, 7) is 5.19. The molecular weight excluding hydrogens is 320 g/mol. The molecule has 0 aliphatic rings. The number of hydrogen-bond donors (Lipinski definition) is 2. The molecule has 0 radical (unpaired) electrons. The Morgan fingerprint density at radius 3 is 2.46 bits per heavy atom. The first-order valence-electron chi connectivity index (χ1n) is 7.96. The van der Waals surface area contributed by atoms with Crippen LogP contribution in [0.15, 0.2) is 53.4 Å². The van der Waals surface area contributed by atoms with Gasteiger partial charge in [0.25, 0.3) is 0 Å². The van der Waals surface area contributed by atoms with E-state index in [0.717, 1.165) is 10.5 Å². The van der Waals surface area contributed by atoms with E-state index in [4.69, 9.17) is 0 Å². The summed E-state index contributed by atoms with van der Waals surface area (Å²) < 4.78 is 11.3. The highest BCUT2D eigenvalue weighted by Crippen LogP contribution is 2.15. The molecule has 2 aromatic carbocycles. The van der Waals surface area contributed by atoms with Crippen LogP contribution in [-0.2, 0) is 17.3 Å². The molecule has 0 spiro atoms. The second-order valence-electron chi connectivity index (χ2n) is 5.98. The van der Waals surface area contributed by atoms with E-state index in [-0.39, 0.29) is 11.9 Å². The fourth-order valence-corrected chi connectivity index (χ4v) is 2.90. The van der Waals surface area contributed by atoms with Crippen molar-refractivity contribution in [1.82, 2.24) is 10.6 Å². The summed E-state index contributed by atoms with van der Waals surface area (Å²) in [6, 6.07) is 15.6. The first-order valence-corrected chi connectivity index (χ1v) is 9.52.